The molecule has 0 aromatic carbocycles. The van der Waals surface area contributed by atoms with E-state index in [1.54, 1.807) is 11.7 Å². The second-order valence-electron chi connectivity index (χ2n) is 4.57. The number of nitro groups is 1. The summed E-state index contributed by atoms with van der Waals surface area (Å²) in [6.07, 6.45) is 0.551. The van der Waals surface area contributed by atoms with Gasteiger partial charge in [0.25, 0.3) is 0 Å². The first-order valence-electron chi connectivity index (χ1n) is 5.99. The summed E-state index contributed by atoms with van der Waals surface area (Å²) in [7, 11) is 5.66. The summed E-state index contributed by atoms with van der Waals surface area (Å²) < 4.78 is 1.54. The number of aryl methyl sites for hydroxylation is 2. The Morgan fingerprint density at radius 1 is 1.56 bits per heavy atom. The van der Waals surface area contributed by atoms with Gasteiger partial charge in [-0.05, 0) is 27.4 Å². The molecule has 0 aliphatic rings. The van der Waals surface area contributed by atoms with Crippen molar-refractivity contribution in [2.45, 2.75) is 26.3 Å². The van der Waals surface area contributed by atoms with Crippen molar-refractivity contribution >= 4 is 11.5 Å². The fraction of sp³-hybridized carbons (Fsp3) is 0.727. The van der Waals surface area contributed by atoms with Gasteiger partial charge >= 0.3 is 5.69 Å². The van der Waals surface area contributed by atoms with Crippen LogP contribution < -0.4 is 5.32 Å². The van der Waals surface area contributed by atoms with Gasteiger partial charge in [-0.25, -0.2) is 4.68 Å². The number of anilines is 1. The number of rotatable bonds is 6. The van der Waals surface area contributed by atoms with Crippen LogP contribution in [-0.2, 0) is 13.5 Å². The normalized spacial score (nSPS) is 12.8. The van der Waals surface area contributed by atoms with E-state index in [-0.39, 0.29) is 16.7 Å². The van der Waals surface area contributed by atoms with E-state index in [4.69, 9.17) is 0 Å². The third-order valence-corrected chi connectivity index (χ3v) is 3.06. The van der Waals surface area contributed by atoms with E-state index in [9.17, 15) is 10.1 Å². The Kier molecular flexibility index (Phi) is 4.66. The number of likely N-dealkylation sites (N-methyl/N-ethyl adjacent to an activating group) is 1. The first kappa shape index (κ1) is 14.4. The molecule has 1 heterocycles. The summed E-state index contributed by atoms with van der Waals surface area (Å²) >= 11 is 0. The summed E-state index contributed by atoms with van der Waals surface area (Å²) in [5.74, 6) is 0.477. The minimum Gasteiger partial charge on any atom is -0.363 e. The van der Waals surface area contributed by atoms with Crippen LogP contribution in [0.5, 0.6) is 0 Å². The van der Waals surface area contributed by atoms with Gasteiger partial charge in [-0.3, -0.25) is 10.1 Å². The van der Waals surface area contributed by atoms with E-state index in [1.807, 2.05) is 21.0 Å². The zero-order chi connectivity index (χ0) is 13.9. The van der Waals surface area contributed by atoms with Crippen LogP contribution in [0.4, 0.5) is 11.5 Å². The molecule has 1 unspecified atom stereocenters. The predicted molar refractivity (Wildman–Crippen MR) is 70.9 cm³/mol. The second-order valence-corrected chi connectivity index (χ2v) is 4.57. The van der Waals surface area contributed by atoms with Crippen molar-refractivity contribution in [3.8, 4) is 0 Å². The van der Waals surface area contributed by atoms with Gasteiger partial charge in [0, 0.05) is 19.6 Å². The fourth-order valence-electron chi connectivity index (χ4n) is 1.62. The van der Waals surface area contributed by atoms with Gasteiger partial charge in [0.1, 0.15) is 5.69 Å². The highest BCUT2D eigenvalue weighted by atomic mass is 16.6. The quantitative estimate of drug-likeness (QED) is 0.611. The molecule has 18 heavy (non-hydrogen) atoms. The van der Waals surface area contributed by atoms with Gasteiger partial charge in [0.15, 0.2) is 0 Å². The highest BCUT2D eigenvalue weighted by Crippen LogP contribution is 2.28. The Labute approximate surface area is 107 Å². The summed E-state index contributed by atoms with van der Waals surface area (Å²) in [6.45, 7) is 4.55. The molecule has 0 aliphatic carbocycles. The van der Waals surface area contributed by atoms with Crippen molar-refractivity contribution < 1.29 is 4.92 Å². The molecule has 102 valence electrons. The van der Waals surface area contributed by atoms with Crippen molar-refractivity contribution in [2.75, 3.05) is 26.0 Å². The van der Waals surface area contributed by atoms with Crippen LogP contribution >= 0.6 is 0 Å². The van der Waals surface area contributed by atoms with Crippen molar-refractivity contribution in [3.63, 3.8) is 0 Å². The van der Waals surface area contributed by atoms with Crippen LogP contribution in [0.3, 0.4) is 0 Å². The lowest BCUT2D eigenvalue weighted by atomic mass is 10.2. The molecule has 0 fully saturated rings. The summed E-state index contributed by atoms with van der Waals surface area (Å²) in [6, 6.07) is 0.282. The molecule has 0 spiro atoms. The first-order chi connectivity index (χ1) is 8.38. The van der Waals surface area contributed by atoms with E-state index in [1.165, 1.54) is 0 Å². The lowest BCUT2D eigenvalue weighted by Gasteiger charge is -2.20. The molecule has 7 heteroatoms. The van der Waals surface area contributed by atoms with Gasteiger partial charge < -0.3 is 10.2 Å². The Morgan fingerprint density at radius 3 is 2.61 bits per heavy atom. The maximum atomic E-state index is 11.1. The van der Waals surface area contributed by atoms with Crippen molar-refractivity contribution in [2.24, 2.45) is 7.05 Å². The third kappa shape index (κ3) is 2.98. The van der Waals surface area contributed by atoms with Crippen molar-refractivity contribution in [3.05, 3.63) is 15.8 Å². The molecule has 0 saturated carbocycles. The van der Waals surface area contributed by atoms with Crippen molar-refractivity contribution in [1.29, 1.82) is 0 Å². The van der Waals surface area contributed by atoms with Crippen LogP contribution in [0.1, 0.15) is 19.5 Å². The number of hydrogen-bond donors (Lipinski definition) is 1. The largest absolute Gasteiger partial charge is 0.363 e. The van der Waals surface area contributed by atoms with Gasteiger partial charge in [-0.2, -0.15) is 5.10 Å². The van der Waals surface area contributed by atoms with Gasteiger partial charge in [0.2, 0.25) is 5.82 Å². The average molecular weight is 255 g/mol. The van der Waals surface area contributed by atoms with Crippen LogP contribution in [0.2, 0.25) is 0 Å². The van der Waals surface area contributed by atoms with E-state index in [2.05, 4.69) is 22.2 Å². The topological polar surface area (TPSA) is 76.2 Å². The minimum absolute atomic E-state index is 0.0888. The Morgan fingerprint density at radius 2 is 2.17 bits per heavy atom. The molecular weight excluding hydrogens is 234 g/mol. The summed E-state index contributed by atoms with van der Waals surface area (Å²) in [5.41, 5.74) is 0.605. The molecule has 0 bridgehead atoms. The molecule has 1 aromatic heterocycles. The van der Waals surface area contributed by atoms with Crippen LogP contribution in [0, 0.1) is 10.1 Å². The lowest BCUT2D eigenvalue weighted by Crippen LogP contribution is -2.32. The fourth-order valence-corrected chi connectivity index (χ4v) is 1.62. The predicted octanol–water partition coefficient (Wildman–Crippen LogP) is 1.25. The van der Waals surface area contributed by atoms with E-state index < -0.39 is 0 Å². The smallest absolute Gasteiger partial charge is 0.333 e. The molecule has 1 atom stereocenters. The van der Waals surface area contributed by atoms with E-state index >= 15 is 0 Å². The highest BCUT2D eigenvalue weighted by molar-refractivity contribution is 5.59. The minimum atomic E-state index is -0.367. The first-order valence-corrected chi connectivity index (χ1v) is 5.99. The molecule has 7 nitrogen and oxygen atoms in total. The average Bonchev–Trinajstić information content (AvgIpc) is 2.62. The highest BCUT2D eigenvalue weighted by Gasteiger charge is 2.25. The molecule has 1 rings (SSSR count). The van der Waals surface area contributed by atoms with Crippen molar-refractivity contribution in [1.82, 2.24) is 14.7 Å². The molecule has 1 aromatic rings. The lowest BCUT2D eigenvalue weighted by molar-refractivity contribution is -0.384. The second kappa shape index (κ2) is 5.81. The van der Waals surface area contributed by atoms with Crippen LogP contribution in [-0.4, -0.2) is 46.3 Å². The molecular formula is C11H21N5O2. The standard InChI is InChI=1S/C11H21N5O2/c1-6-9-10(16(17)18)11(15(5)13-9)12-7-8(2)14(3)4/h8,12H,6-7H2,1-5H3. The Bertz CT molecular complexity index is 427. The Balaban J connectivity index is 2.94. The molecule has 1 N–H and O–H groups in total. The van der Waals surface area contributed by atoms with Gasteiger partial charge in [-0.1, -0.05) is 6.92 Å². The molecule has 0 amide bonds. The molecule has 0 radical (unpaired) electrons. The maximum absolute atomic E-state index is 11.1. The van der Waals surface area contributed by atoms with Crippen LogP contribution in [0.15, 0.2) is 0 Å². The monoisotopic (exact) mass is 255 g/mol. The molecule has 0 aliphatic heterocycles. The number of aromatic nitrogens is 2. The van der Waals surface area contributed by atoms with E-state index in [0.717, 1.165) is 0 Å². The number of hydrogen-bond acceptors (Lipinski definition) is 5. The van der Waals surface area contributed by atoms with Gasteiger partial charge in [-0.15, -0.1) is 0 Å². The SMILES string of the molecule is CCc1nn(C)c(NCC(C)N(C)C)c1[N+](=O)[O-]. The zero-order valence-electron chi connectivity index (χ0n) is 11.6. The third-order valence-electron chi connectivity index (χ3n) is 3.06. The Hall–Kier alpha value is -1.63. The van der Waals surface area contributed by atoms with Crippen LogP contribution in [0.25, 0.3) is 0 Å². The van der Waals surface area contributed by atoms with E-state index in [0.29, 0.717) is 24.5 Å². The molecule has 0 saturated heterocycles. The summed E-state index contributed by atoms with van der Waals surface area (Å²) in [4.78, 5) is 12.8. The zero-order valence-corrected chi connectivity index (χ0v) is 11.6. The van der Waals surface area contributed by atoms with Gasteiger partial charge in [0.05, 0.1) is 4.92 Å². The number of nitrogens with zero attached hydrogens (tertiary/aromatic N) is 4. The summed E-state index contributed by atoms with van der Waals surface area (Å²) in [5, 5.41) is 18.4. The number of nitrogens with one attached hydrogen (secondary N) is 1. The maximum Gasteiger partial charge on any atom is 0.333 e.